The molecule has 20 heavy (non-hydrogen) atoms. The zero-order chi connectivity index (χ0) is 14.4. The molecule has 0 aliphatic carbocycles. The molecule has 1 N–H and O–H groups in total. The Labute approximate surface area is 122 Å². The average molecular weight is 275 g/mol. The fourth-order valence-electron chi connectivity index (χ4n) is 2.16. The van der Waals surface area contributed by atoms with Crippen molar-refractivity contribution in [2.75, 3.05) is 26.3 Å². The molecule has 2 rings (SSSR count). The molecule has 1 aromatic rings. The highest BCUT2D eigenvalue weighted by Crippen LogP contribution is 2.31. The number of hydrogen-bond acceptors (Lipinski definition) is 3. The number of fused-ring (bicyclic) bond motifs is 1. The molecule has 0 saturated heterocycles. The second-order valence-corrected chi connectivity index (χ2v) is 5.77. The lowest BCUT2D eigenvalue weighted by atomic mass is 10.1. The summed E-state index contributed by atoms with van der Waals surface area (Å²) in [7, 11) is 0. The van der Waals surface area contributed by atoms with Crippen LogP contribution in [0, 0.1) is 5.92 Å². The van der Waals surface area contributed by atoms with Crippen LogP contribution in [-0.2, 0) is 0 Å². The molecule has 0 radical (unpaired) electrons. The van der Waals surface area contributed by atoms with E-state index in [1.54, 1.807) is 0 Å². The first-order valence-electron chi connectivity index (χ1n) is 7.42. The van der Waals surface area contributed by atoms with E-state index in [4.69, 9.17) is 9.47 Å². The van der Waals surface area contributed by atoms with Gasteiger partial charge in [-0.25, -0.2) is 0 Å². The summed E-state index contributed by atoms with van der Waals surface area (Å²) in [6, 6.07) is 6.15. The Kier molecular flexibility index (Phi) is 5.48. The number of benzene rings is 1. The lowest BCUT2D eigenvalue weighted by Crippen LogP contribution is -2.21. The molecule has 0 spiro atoms. The van der Waals surface area contributed by atoms with Crippen LogP contribution < -0.4 is 14.8 Å². The van der Waals surface area contributed by atoms with Crippen LogP contribution in [0.25, 0.3) is 6.08 Å². The molecule has 3 heteroatoms. The van der Waals surface area contributed by atoms with E-state index in [2.05, 4.69) is 44.3 Å². The van der Waals surface area contributed by atoms with Gasteiger partial charge in [0.25, 0.3) is 0 Å². The first kappa shape index (κ1) is 14.9. The van der Waals surface area contributed by atoms with Gasteiger partial charge in [0.05, 0.1) is 13.2 Å². The smallest absolute Gasteiger partial charge is 0.161 e. The van der Waals surface area contributed by atoms with Crippen LogP contribution in [0.15, 0.2) is 23.8 Å². The van der Waals surface area contributed by atoms with Crippen molar-refractivity contribution in [2.45, 2.75) is 27.2 Å². The van der Waals surface area contributed by atoms with E-state index in [-0.39, 0.29) is 0 Å². The van der Waals surface area contributed by atoms with Gasteiger partial charge in [-0.3, -0.25) is 0 Å². The molecule has 0 saturated carbocycles. The molecule has 1 aliphatic heterocycles. The van der Waals surface area contributed by atoms with Crippen molar-refractivity contribution < 1.29 is 9.47 Å². The van der Waals surface area contributed by atoms with Crippen molar-refractivity contribution >= 4 is 6.08 Å². The molecule has 0 bridgehead atoms. The van der Waals surface area contributed by atoms with Crippen molar-refractivity contribution in [2.24, 2.45) is 5.92 Å². The van der Waals surface area contributed by atoms with Gasteiger partial charge in [0.1, 0.15) is 0 Å². The third-order valence-corrected chi connectivity index (χ3v) is 3.14. The standard InChI is InChI=1S/C17H25NO2/c1-13(2)11-18-12-14(3)9-15-5-6-16-17(10-15)20-8-4-7-19-16/h5-6,9-10,13,18H,4,7-8,11-12H2,1-3H3. The van der Waals surface area contributed by atoms with Crippen molar-refractivity contribution in [3.8, 4) is 11.5 Å². The van der Waals surface area contributed by atoms with E-state index >= 15 is 0 Å². The summed E-state index contributed by atoms with van der Waals surface area (Å²) in [5, 5.41) is 3.45. The van der Waals surface area contributed by atoms with E-state index in [1.165, 1.54) is 5.57 Å². The lowest BCUT2D eigenvalue weighted by molar-refractivity contribution is 0.297. The van der Waals surface area contributed by atoms with Crippen LogP contribution in [0.3, 0.4) is 0 Å². The Balaban J connectivity index is 2.00. The first-order valence-corrected chi connectivity index (χ1v) is 7.42. The minimum atomic E-state index is 0.681. The van der Waals surface area contributed by atoms with Crippen molar-refractivity contribution in [1.82, 2.24) is 5.32 Å². The van der Waals surface area contributed by atoms with Crippen molar-refractivity contribution in [3.05, 3.63) is 29.3 Å². The van der Waals surface area contributed by atoms with Crippen LogP contribution in [0.4, 0.5) is 0 Å². The Morgan fingerprint density at radius 2 is 2.00 bits per heavy atom. The predicted octanol–water partition coefficient (Wildman–Crippen LogP) is 3.50. The normalized spacial score (nSPS) is 15.3. The number of ether oxygens (including phenoxy) is 2. The van der Waals surface area contributed by atoms with Gasteiger partial charge in [-0.2, -0.15) is 0 Å². The number of nitrogens with one attached hydrogen (secondary N) is 1. The van der Waals surface area contributed by atoms with E-state index in [0.717, 1.165) is 49.8 Å². The minimum Gasteiger partial charge on any atom is -0.490 e. The predicted molar refractivity (Wildman–Crippen MR) is 83.4 cm³/mol. The van der Waals surface area contributed by atoms with Crippen LogP contribution in [0.5, 0.6) is 11.5 Å². The lowest BCUT2D eigenvalue weighted by Gasteiger charge is -2.09. The molecule has 3 nitrogen and oxygen atoms in total. The largest absolute Gasteiger partial charge is 0.490 e. The Hall–Kier alpha value is -1.48. The SMILES string of the molecule is CC(=Cc1ccc2c(c1)OCCCO2)CNCC(C)C. The fraction of sp³-hybridized carbons (Fsp3) is 0.529. The van der Waals surface area contributed by atoms with Crippen LogP contribution in [0.1, 0.15) is 32.8 Å². The zero-order valence-corrected chi connectivity index (χ0v) is 12.7. The molecule has 1 heterocycles. The summed E-state index contributed by atoms with van der Waals surface area (Å²) in [4.78, 5) is 0. The highest BCUT2D eigenvalue weighted by atomic mass is 16.5. The van der Waals surface area contributed by atoms with Crippen molar-refractivity contribution in [1.29, 1.82) is 0 Å². The molecular formula is C17H25NO2. The second-order valence-electron chi connectivity index (χ2n) is 5.77. The van der Waals surface area contributed by atoms with E-state index < -0.39 is 0 Å². The quantitative estimate of drug-likeness (QED) is 0.892. The maximum Gasteiger partial charge on any atom is 0.161 e. The van der Waals surface area contributed by atoms with Crippen LogP contribution >= 0.6 is 0 Å². The maximum atomic E-state index is 5.71. The van der Waals surface area contributed by atoms with Gasteiger partial charge in [-0.05, 0) is 37.1 Å². The molecule has 0 atom stereocenters. The monoisotopic (exact) mass is 275 g/mol. The van der Waals surface area contributed by atoms with Gasteiger partial charge >= 0.3 is 0 Å². The maximum absolute atomic E-state index is 5.71. The Morgan fingerprint density at radius 1 is 1.25 bits per heavy atom. The minimum absolute atomic E-state index is 0.681. The second kappa shape index (κ2) is 7.34. The summed E-state index contributed by atoms with van der Waals surface area (Å²) in [5.41, 5.74) is 2.48. The molecule has 1 aliphatic rings. The third kappa shape index (κ3) is 4.57. The highest BCUT2D eigenvalue weighted by molar-refractivity contribution is 5.58. The molecule has 0 aromatic heterocycles. The summed E-state index contributed by atoms with van der Waals surface area (Å²) >= 11 is 0. The topological polar surface area (TPSA) is 30.5 Å². The van der Waals surface area contributed by atoms with Gasteiger partial charge in [-0.15, -0.1) is 0 Å². The van der Waals surface area contributed by atoms with Crippen LogP contribution in [0.2, 0.25) is 0 Å². The molecule has 110 valence electrons. The fourth-order valence-corrected chi connectivity index (χ4v) is 2.16. The summed E-state index contributed by atoms with van der Waals surface area (Å²) < 4.78 is 11.4. The molecule has 1 aromatic carbocycles. The number of hydrogen-bond donors (Lipinski definition) is 1. The van der Waals surface area contributed by atoms with Gasteiger partial charge in [0.2, 0.25) is 0 Å². The number of rotatable bonds is 5. The van der Waals surface area contributed by atoms with Gasteiger partial charge in [0, 0.05) is 13.0 Å². The van der Waals surface area contributed by atoms with Gasteiger partial charge < -0.3 is 14.8 Å². The molecule has 0 amide bonds. The Bertz CT molecular complexity index is 466. The Morgan fingerprint density at radius 3 is 2.75 bits per heavy atom. The van der Waals surface area contributed by atoms with Gasteiger partial charge in [0.15, 0.2) is 11.5 Å². The van der Waals surface area contributed by atoms with Crippen molar-refractivity contribution in [3.63, 3.8) is 0 Å². The molecular weight excluding hydrogens is 250 g/mol. The summed E-state index contributed by atoms with van der Waals surface area (Å²) in [6.45, 7) is 10.0. The van der Waals surface area contributed by atoms with E-state index in [9.17, 15) is 0 Å². The molecule has 0 fully saturated rings. The van der Waals surface area contributed by atoms with E-state index in [0.29, 0.717) is 5.92 Å². The first-order chi connectivity index (χ1) is 9.65. The van der Waals surface area contributed by atoms with E-state index in [1.807, 2.05) is 6.07 Å². The zero-order valence-electron chi connectivity index (χ0n) is 12.7. The molecule has 0 unspecified atom stereocenters. The van der Waals surface area contributed by atoms with Gasteiger partial charge in [-0.1, -0.05) is 31.6 Å². The third-order valence-electron chi connectivity index (χ3n) is 3.14. The average Bonchev–Trinajstić information content (AvgIpc) is 2.62. The highest BCUT2D eigenvalue weighted by Gasteiger charge is 2.09. The summed E-state index contributed by atoms with van der Waals surface area (Å²) in [5.74, 6) is 2.40. The summed E-state index contributed by atoms with van der Waals surface area (Å²) in [6.07, 6.45) is 3.14. The van der Waals surface area contributed by atoms with Crippen LogP contribution in [-0.4, -0.2) is 26.3 Å².